The maximum Gasteiger partial charge on any atom is 0.220 e. The van der Waals surface area contributed by atoms with E-state index in [4.69, 9.17) is 16.3 Å². The Bertz CT molecular complexity index is 901. The summed E-state index contributed by atoms with van der Waals surface area (Å²) >= 11 is 6.20. The lowest BCUT2D eigenvalue weighted by molar-refractivity contribution is -0.121. The van der Waals surface area contributed by atoms with Gasteiger partial charge in [-0.15, -0.1) is 24.0 Å². The molecule has 0 unspecified atom stereocenters. The number of carbonyl (C=O) groups excluding carboxylic acids is 1. The van der Waals surface area contributed by atoms with Crippen molar-refractivity contribution in [2.75, 3.05) is 27.2 Å². The first-order chi connectivity index (χ1) is 15.1. The van der Waals surface area contributed by atoms with Crippen LogP contribution in [0, 0.1) is 5.92 Å². The number of guanidine groups is 1. The predicted molar refractivity (Wildman–Crippen MR) is 141 cm³/mol. The molecule has 0 bridgehead atoms. The third kappa shape index (κ3) is 7.55. The second-order valence-electron chi connectivity index (χ2n) is 7.70. The van der Waals surface area contributed by atoms with Crippen LogP contribution in [0.25, 0.3) is 0 Å². The molecular formula is C24H32ClIN4O2. The van der Waals surface area contributed by atoms with Gasteiger partial charge in [-0.1, -0.05) is 48.0 Å². The van der Waals surface area contributed by atoms with E-state index in [0.717, 1.165) is 43.0 Å². The van der Waals surface area contributed by atoms with Gasteiger partial charge in [0.05, 0.1) is 5.02 Å². The maximum atomic E-state index is 11.6. The molecule has 174 valence electrons. The number of nitrogens with zero attached hydrogens (tertiary/aromatic N) is 2. The minimum absolute atomic E-state index is 0. The lowest BCUT2D eigenvalue weighted by atomic mass is 9.93. The SMILES string of the molecule is CN=C(NCc1ccccc1COc1ccccc1Cl)N1CCC(CC(=O)NC)CC1.I. The molecule has 2 aromatic rings. The summed E-state index contributed by atoms with van der Waals surface area (Å²) < 4.78 is 5.93. The van der Waals surface area contributed by atoms with E-state index in [1.54, 1.807) is 7.05 Å². The number of benzene rings is 2. The van der Waals surface area contributed by atoms with Crippen molar-refractivity contribution in [3.8, 4) is 5.75 Å². The number of halogens is 2. The van der Waals surface area contributed by atoms with Gasteiger partial charge in [0.15, 0.2) is 5.96 Å². The lowest BCUT2D eigenvalue weighted by Crippen LogP contribution is -2.45. The molecule has 0 atom stereocenters. The van der Waals surface area contributed by atoms with Gasteiger partial charge in [0, 0.05) is 40.2 Å². The number of para-hydroxylation sites is 1. The van der Waals surface area contributed by atoms with Gasteiger partial charge in [0.2, 0.25) is 5.91 Å². The van der Waals surface area contributed by atoms with E-state index in [1.807, 2.05) is 43.4 Å². The zero-order valence-electron chi connectivity index (χ0n) is 18.6. The summed E-state index contributed by atoms with van der Waals surface area (Å²) in [6.45, 7) is 2.91. The van der Waals surface area contributed by atoms with Crippen LogP contribution < -0.4 is 15.4 Å². The Morgan fingerprint density at radius 2 is 1.78 bits per heavy atom. The van der Waals surface area contributed by atoms with E-state index in [0.29, 0.717) is 36.3 Å². The molecule has 2 N–H and O–H groups in total. The second kappa shape index (κ2) is 13.5. The zero-order valence-corrected chi connectivity index (χ0v) is 21.7. The third-order valence-electron chi connectivity index (χ3n) is 5.65. The van der Waals surface area contributed by atoms with E-state index >= 15 is 0 Å². The number of likely N-dealkylation sites (tertiary alicyclic amines) is 1. The molecule has 32 heavy (non-hydrogen) atoms. The number of rotatable bonds is 7. The van der Waals surface area contributed by atoms with Crippen molar-refractivity contribution < 1.29 is 9.53 Å². The number of amides is 1. The fourth-order valence-electron chi connectivity index (χ4n) is 3.81. The van der Waals surface area contributed by atoms with Crippen LogP contribution in [0.15, 0.2) is 53.5 Å². The minimum atomic E-state index is 0. The van der Waals surface area contributed by atoms with Crippen molar-refractivity contribution in [3.05, 3.63) is 64.7 Å². The van der Waals surface area contributed by atoms with Gasteiger partial charge in [-0.3, -0.25) is 9.79 Å². The number of hydrogen-bond donors (Lipinski definition) is 2. The molecule has 6 nitrogen and oxygen atoms in total. The quantitative estimate of drug-likeness (QED) is 0.293. The lowest BCUT2D eigenvalue weighted by Gasteiger charge is -2.34. The third-order valence-corrected chi connectivity index (χ3v) is 5.97. The molecule has 8 heteroatoms. The van der Waals surface area contributed by atoms with Gasteiger partial charge in [0.1, 0.15) is 12.4 Å². The van der Waals surface area contributed by atoms with Crippen LogP contribution in [0.2, 0.25) is 5.02 Å². The maximum absolute atomic E-state index is 11.6. The molecule has 1 amide bonds. The summed E-state index contributed by atoms with van der Waals surface area (Å²) in [7, 11) is 3.51. The summed E-state index contributed by atoms with van der Waals surface area (Å²) in [5.41, 5.74) is 2.26. The fourth-order valence-corrected chi connectivity index (χ4v) is 4.00. The Hall–Kier alpha value is -2.00. The number of nitrogens with one attached hydrogen (secondary N) is 2. The van der Waals surface area contributed by atoms with Crippen LogP contribution >= 0.6 is 35.6 Å². The predicted octanol–water partition coefficient (Wildman–Crippen LogP) is 4.46. The highest BCUT2D eigenvalue weighted by atomic mass is 127. The van der Waals surface area contributed by atoms with E-state index in [2.05, 4.69) is 32.7 Å². The number of aliphatic imine (C=N–C) groups is 1. The first-order valence-corrected chi connectivity index (χ1v) is 11.1. The van der Waals surface area contributed by atoms with Crippen molar-refractivity contribution in [2.24, 2.45) is 10.9 Å². The minimum Gasteiger partial charge on any atom is -0.487 e. The molecule has 0 spiro atoms. The number of piperidine rings is 1. The van der Waals surface area contributed by atoms with Crippen molar-refractivity contribution in [2.45, 2.75) is 32.4 Å². The molecule has 0 saturated carbocycles. The topological polar surface area (TPSA) is 66.0 Å². The van der Waals surface area contributed by atoms with Crippen LogP contribution in [-0.4, -0.2) is 44.0 Å². The molecular weight excluding hydrogens is 539 g/mol. The first-order valence-electron chi connectivity index (χ1n) is 10.7. The van der Waals surface area contributed by atoms with Crippen molar-refractivity contribution >= 4 is 47.4 Å². The number of ether oxygens (including phenoxy) is 1. The first kappa shape index (κ1) is 26.3. The summed E-state index contributed by atoms with van der Waals surface area (Å²) in [6.07, 6.45) is 2.60. The van der Waals surface area contributed by atoms with Gasteiger partial charge in [-0.05, 0) is 42.0 Å². The highest BCUT2D eigenvalue weighted by molar-refractivity contribution is 14.0. The fraction of sp³-hybridized carbons (Fsp3) is 0.417. The Morgan fingerprint density at radius 1 is 1.12 bits per heavy atom. The van der Waals surface area contributed by atoms with Crippen molar-refractivity contribution in [3.63, 3.8) is 0 Å². The van der Waals surface area contributed by atoms with E-state index < -0.39 is 0 Å². The molecule has 1 fully saturated rings. The van der Waals surface area contributed by atoms with Gasteiger partial charge >= 0.3 is 0 Å². The standard InChI is InChI=1S/C24H31ClN4O2.HI/c1-26-23(30)15-18-11-13-29(14-12-18)24(27-2)28-16-19-7-3-4-8-20(19)17-31-22-10-6-5-9-21(22)25;/h3-10,18H,11-17H2,1-2H3,(H,26,30)(H,27,28);1H. The molecule has 0 aliphatic carbocycles. The van der Waals surface area contributed by atoms with Gasteiger partial charge in [-0.2, -0.15) is 0 Å². The van der Waals surface area contributed by atoms with Gasteiger partial charge in [-0.25, -0.2) is 0 Å². The number of hydrogen-bond acceptors (Lipinski definition) is 3. The van der Waals surface area contributed by atoms with Crippen molar-refractivity contribution in [1.82, 2.24) is 15.5 Å². The molecule has 1 heterocycles. The summed E-state index contributed by atoms with van der Waals surface area (Å²) in [4.78, 5) is 18.4. The highest BCUT2D eigenvalue weighted by Crippen LogP contribution is 2.25. The Balaban J connectivity index is 0.00000363. The average Bonchev–Trinajstić information content (AvgIpc) is 2.80. The van der Waals surface area contributed by atoms with Crippen LogP contribution in [-0.2, 0) is 17.9 Å². The number of carbonyl (C=O) groups is 1. The molecule has 1 aliphatic heterocycles. The van der Waals surface area contributed by atoms with E-state index in [1.165, 1.54) is 0 Å². The molecule has 2 aromatic carbocycles. The zero-order chi connectivity index (χ0) is 22.1. The normalized spacial score (nSPS) is 14.5. The summed E-state index contributed by atoms with van der Waals surface area (Å²) in [5.74, 6) is 2.14. The van der Waals surface area contributed by atoms with E-state index in [-0.39, 0.29) is 29.9 Å². The highest BCUT2D eigenvalue weighted by Gasteiger charge is 2.23. The van der Waals surface area contributed by atoms with Gasteiger partial charge in [0.25, 0.3) is 0 Å². The molecule has 1 saturated heterocycles. The summed E-state index contributed by atoms with van der Waals surface area (Å²) in [6, 6.07) is 15.7. The monoisotopic (exact) mass is 570 g/mol. The molecule has 1 aliphatic rings. The van der Waals surface area contributed by atoms with Crippen LogP contribution in [0.4, 0.5) is 0 Å². The largest absolute Gasteiger partial charge is 0.487 e. The average molecular weight is 571 g/mol. The van der Waals surface area contributed by atoms with Crippen molar-refractivity contribution in [1.29, 1.82) is 0 Å². The smallest absolute Gasteiger partial charge is 0.220 e. The van der Waals surface area contributed by atoms with Crippen LogP contribution in [0.3, 0.4) is 0 Å². The molecule has 3 rings (SSSR count). The van der Waals surface area contributed by atoms with E-state index in [9.17, 15) is 4.79 Å². The Morgan fingerprint density at radius 3 is 2.44 bits per heavy atom. The second-order valence-corrected chi connectivity index (χ2v) is 8.10. The Kier molecular flexibility index (Phi) is 11.1. The Labute approximate surface area is 212 Å². The van der Waals surface area contributed by atoms with Gasteiger partial charge < -0.3 is 20.3 Å². The van der Waals surface area contributed by atoms with Crippen LogP contribution in [0.5, 0.6) is 5.75 Å². The molecule has 0 aromatic heterocycles. The summed E-state index contributed by atoms with van der Waals surface area (Å²) in [5, 5.41) is 6.82. The molecule has 0 radical (unpaired) electrons. The van der Waals surface area contributed by atoms with Crippen LogP contribution in [0.1, 0.15) is 30.4 Å².